The molecule has 0 aliphatic heterocycles. The highest BCUT2D eigenvalue weighted by Crippen LogP contribution is 2.12. The van der Waals surface area contributed by atoms with Crippen LogP contribution in [0.5, 0.6) is 5.75 Å². The van der Waals surface area contributed by atoms with Gasteiger partial charge in [0.25, 0.3) is 0 Å². The molecule has 0 fully saturated rings. The van der Waals surface area contributed by atoms with Gasteiger partial charge < -0.3 is 48.5 Å². The lowest BCUT2D eigenvalue weighted by Gasteiger charge is -2.26. The number of guanidine groups is 1. The second-order valence-electron chi connectivity index (χ2n) is 8.89. The van der Waals surface area contributed by atoms with Gasteiger partial charge in [0.15, 0.2) is 12.0 Å². The number of benzene rings is 1. The summed E-state index contributed by atoms with van der Waals surface area (Å²) in [6.07, 6.45) is 1.31. The minimum atomic E-state index is -1.61. The Bertz CT molecular complexity index is 988. The largest absolute Gasteiger partial charge is 0.508 e. The molecule has 0 heterocycles. The fourth-order valence-corrected chi connectivity index (χ4v) is 3.90. The first-order valence-corrected chi connectivity index (χ1v) is 13.6. The van der Waals surface area contributed by atoms with Gasteiger partial charge in [0.2, 0.25) is 17.7 Å². The first kappa shape index (κ1) is 33.5. The van der Waals surface area contributed by atoms with E-state index in [4.69, 9.17) is 17.2 Å². The minimum absolute atomic E-state index is 0.00156. The second kappa shape index (κ2) is 17.1. The molecular formula is C24H39N7O7S. The maximum Gasteiger partial charge on any atom is 0.328 e. The van der Waals surface area contributed by atoms with Crippen molar-refractivity contribution in [2.75, 3.05) is 18.6 Å². The summed E-state index contributed by atoms with van der Waals surface area (Å²) in [5, 5.41) is 36.1. The van der Waals surface area contributed by atoms with Crippen LogP contribution in [0.3, 0.4) is 0 Å². The molecular weight excluding hydrogens is 530 g/mol. The van der Waals surface area contributed by atoms with Crippen molar-refractivity contribution in [1.29, 1.82) is 0 Å². The minimum Gasteiger partial charge on any atom is -0.508 e. The Morgan fingerprint density at radius 1 is 0.974 bits per heavy atom. The van der Waals surface area contributed by atoms with E-state index in [1.165, 1.54) is 30.8 Å². The maximum absolute atomic E-state index is 13.2. The molecule has 1 aromatic rings. The molecule has 5 atom stereocenters. The zero-order valence-electron chi connectivity index (χ0n) is 22.0. The topological polar surface area (TPSA) is 255 Å². The van der Waals surface area contributed by atoms with E-state index in [9.17, 15) is 34.5 Å². The molecule has 39 heavy (non-hydrogen) atoms. The molecule has 15 heteroatoms. The van der Waals surface area contributed by atoms with E-state index in [-0.39, 0.29) is 37.5 Å². The van der Waals surface area contributed by atoms with Crippen LogP contribution in [-0.4, -0.2) is 93.8 Å². The zero-order valence-corrected chi connectivity index (χ0v) is 22.8. The van der Waals surface area contributed by atoms with Crippen molar-refractivity contribution < 1.29 is 34.5 Å². The zero-order chi connectivity index (χ0) is 29.5. The second-order valence-corrected chi connectivity index (χ2v) is 9.88. The van der Waals surface area contributed by atoms with Crippen LogP contribution < -0.4 is 33.2 Å². The summed E-state index contributed by atoms with van der Waals surface area (Å²) >= 11 is 1.45. The number of aliphatic imine (C=N–C) groups is 1. The molecule has 1 aromatic carbocycles. The molecule has 5 unspecified atom stereocenters. The van der Waals surface area contributed by atoms with Gasteiger partial charge in [-0.1, -0.05) is 12.1 Å². The first-order chi connectivity index (χ1) is 18.3. The predicted octanol–water partition coefficient (Wildman–Crippen LogP) is -2.01. The molecule has 0 aliphatic rings. The third-order valence-electron chi connectivity index (χ3n) is 5.60. The number of aliphatic hydroxyl groups is 1. The number of phenols is 1. The summed E-state index contributed by atoms with van der Waals surface area (Å²) in [7, 11) is 0. The third-order valence-corrected chi connectivity index (χ3v) is 6.25. The van der Waals surface area contributed by atoms with E-state index in [1.807, 2.05) is 6.26 Å². The van der Waals surface area contributed by atoms with E-state index >= 15 is 0 Å². The van der Waals surface area contributed by atoms with Crippen molar-refractivity contribution in [1.82, 2.24) is 16.0 Å². The number of carbonyl (C=O) groups excluding carboxylic acids is 3. The molecule has 14 nitrogen and oxygen atoms in total. The number of aromatic hydroxyl groups is 1. The van der Waals surface area contributed by atoms with Crippen molar-refractivity contribution in [2.45, 2.75) is 62.9 Å². The van der Waals surface area contributed by atoms with Crippen molar-refractivity contribution in [3.05, 3.63) is 29.8 Å². The number of phenolic OH excluding ortho intramolecular Hbond substituents is 1. The lowest BCUT2D eigenvalue weighted by molar-refractivity contribution is -0.145. The van der Waals surface area contributed by atoms with Gasteiger partial charge in [0.1, 0.15) is 17.8 Å². The van der Waals surface area contributed by atoms with Crippen LogP contribution in [0.15, 0.2) is 29.3 Å². The number of nitrogens with two attached hydrogens (primary N) is 3. The predicted molar refractivity (Wildman–Crippen MR) is 148 cm³/mol. The van der Waals surface area contributed by atoms with Gasteiger partial charge in [-0.2, -0.15) is 11.8 Å². The van der Waals surface area contributed by atoms with Crippen LogP contribution in [0.25, 0.3) is 0 Å². The molecule has 0 spiro atoms. The van der Waals surface area contributed by atoms with Gasteiger partial charge in [-0.25, -0.2) is 4.79 Å². The number of aliphatic carboxylic acids is 1. The average Bonchev–Trinajstić information content (AvgIpc) is 2.87. The van der Waals surface area contributed by atoms with Crippen molar-refractivity contribution in [3.8, 4) is 5.75 Å². The van der Waals surface area contributed by atoms with Gasteiger partial charge in [-0.15, -0.1) is 0 Å². The molecule has 3 amide bonds. The number of hydrogen-bond donors (Lipinski definition) is 9. The molecule has 0 saturated heterocycles. The Balaban J connectivity index is 3.05. The van der Waals surface area contributed by atoms with Crippen LogP contribution in [0.1, 0.15) is 31.7 Å². The van der Waals surface area contributed by atoms with E-state index < -0.39 is 54.0 Å². The van der Waals surface area contributed by atoms with Gasteiger partial charge in [-0.05, 0) is 55.9 Å². The lowest BCUT2D eigenvalue weighted by Crippen LogP contribution is -2.58. The SMILES string of the molecule is CSCCC(NC(=O)C(N)CCCN=C(N)N)C(=O)NC(Cc1ccc(O)cc1)C(=O)NC(C(=O)O)C(C)O. The molecule has 1 rings (SSSR count). The van der Waals surface area contributed by atoms with Crippen molar-refractivity contribution in [3.63, 3.8) is 0 Å². The Labute approximate surface area is 231 Å². The number of carboxylic acids is 1. The molecule has 12 N–H and O–H groups in total. The number of thioether (sulfide) groups is 1. The molecule has 0 aliphatic carbocycles. The monoisotopic (exact) mass is 569 g/mol. The smallest absolute Gasteiger partial charge is 0.328 e. The number of carbonyl (C=O) groups is 4. The highest BCUT2D eigenvalue weighted by molar-refractivity contribution is 7.98. The summed E-state index contributed by atoms with van der Waals surface area (Å²) in [5.74, 6) is -3.11. The van der Waals surface area contributed by atoms with E-state index in [1.54, 1.807) is 12.1 Å². The lowest BCUT2D eigenvalue weighted by atomic mass is 10.0. The average molecular weight is 570 g/mol. The number of hydrogen-bond acceptors (Lipinski definition) is 9. The Kier molecular flexibility index (Phi) is 14.7. The van der Waals surface area contributed by atoms with Gasteiger partial charge in [0.05, 0.1) is 12.1 Å². The van der Waals surface area contributed by atoms with Crippen LogP contribution in [0.2, 0.25) is 0 Å². The van der Waals surface area contributed by atoms with Crippen LogP contribution in [0, 0.1) is 0 Å². The van der Waals surface area contributed by atoms with Gasteiger partial charge in [0, 0.05) is 13.0 Å². The first-order valence-electron chi connectivity index (χ1n) is 12.3. The maximum atomic E-state index is 13.2. The number of amides is 3. The quantitative estimate of drug-likeness (QED) is 0.0562. The van der Waals surface area contributed by atoms with E-state index in [2.05, 4.69) is 20.9 Å². The van der Waals surface area contributed by atoms with Crippen molar-refractivity contribution >= 4 is 41.4 Å². The summed E-state index contributed by atoms with van der Waals surface area (Å²) in [4.78, 5) is 54.3. The Hall–Kier alpha value is -3.56. The highest BCUT2D eigenvalue weighted by Gasteiger charge is 2.32. The molecule has 218 valence electrons. The van der Waals surface area contributed by atoms with Gasteiger partial charge >= 0.3 is 5.97 Å². The molecule has 0 bridgehead atoms. The molecule has 0 radical (unpaired) electrons. The fraction of sp³-hybridized carbons (Fsp3) is 0.542. The third kappa shape index (κ3) is 12.7. The summed E-state index contributed by atoms with van der Waals surface area (Å²) in [6.45, 7) is 1.50. The standard InChI is InChI=1S/C24H39N7O7S/c1-13(32)19(23(37)38)31-22(36)18(12-14-5-7-15(33)8-6-14)30-21(35)17(9-11-39-2)29-20(34)16(25)4-3-10-28-24(26)27/h5-8,13,16-19,32-33H,3-4,9-12,25H2,1-2H3,(H,29,34)(H,30,35)(H,31,36)(H,37,38)(H4,26,27,28). The number of nitrogens with one attached hydrogen (secondary N) is 3. The number of carboxylic acid groups (broad SMARTS) is 1. The Morgan fingerprint density at radius 3 is 2.10 bits per heavy atom. The van der Waals surface area contributed by atoms with Crippen LogP contribution in [-0.2, 0) is 25.6 Å². The van der Waals surface area contributed by atoms with E-state index in [0.29, 0.717) is 17.7 Å². The number of aliphatic hydroxyl groups excluding tert-OH is 1. The Morgan fingerprint density at radius 2 is 1.56 bits per heavy atom. The normalized spacial score (nSPS) is 14.7. The molecule has 0 aromatic heterocycles. The van der Waals surface area contributed by atoms with E-state index in [0.717, 1.165) is 0 Å². The number of rotatable bonds is 17. The number of nitrogens with zero attached hydrogens (tertiary/aromatic N) is 1. The fourth-order valence-electron chi connectivity index (χ4n) is 3.43. The van der Waals surface area contributed by atoms with Crippen molar-refractivity contribution in [2.24, 2.45) is 22.2 Å². The highest BCUT2D eigenvalue weighted by atomic mass is 32.2. The van der Waals surface area contributed by atoms with Crippen LogP contribution in [0.4, 0.5) is 0 Å². The molecule has 0 saturated carbocycles. The van der Waals surface area contributed by atoms with Gasteiger partial charge in [-0.3, -0.25) is 19.4 Å². The summed E-state index contributed by atoms with van der Waals surface area (Å²) in [5.41, 5.74) is 17.1. The summed E-state index contributed by atoms with van der Waals surface area (Å²) in [6, 6.07) is 1.05. The van der Waals surface area contributed by atoms with Crippen LogP contribution >= 0.6 is 11.8 Å². The summed E-state index contributed by atoms with van der Waals surface area (Å²) < 4.78 is 0.